The fourth-order valence-electron chi connectivity index (χ4n) is 2.45. The van der Waals surface area contributed by atoms with Crippen molar-refractivity contribution in [1.82, 2.24) is 0 Å². The van der Waals surface area contributed by atoms with Gasteiger partial charge in [0.2, 0.25) is 0 Å². The minimum Gasteiger partial charge on any atom is -0.497 e. The summed E-state index contributed by atoms with van der Waals surface area (Å²) in [6.45, 7) is -0.0637. The maximum Gasteiger partial charge on any atom is 0.298 e. The molecule has 0 spiro atoms. The Hall–Kier alpha value is -2.57. The molecule has 2 aromatic carbocycles. The predicted molar refractivity (Wildman–Crippen MR) is 91.0 cm³/mol. The Balaban J connectivity index is 2.09. The molecule has 0 aromatic heterocycles. The van der Waals surface area contributed by atoms with E-state index in [1.807, 2.05) is 0 Å². The van der Waals surface area contributed by atoms with Crippen molar-refractivity contribution in [2.45, 2.75) is 9.79 Å². The summed E-state index contributed by atoms with van der Waals surface area (Å²) in [6, 6.07) is 5.09. The molecule has 2 aromatic rings. The third-order valence-corrected chi connectivity index (χ3v) is 5.82. The zero-order valence-corrected chi connectivity index (χ0v) is 15.4. The molecule has 0 saturated heterocycles. The number of halogens is 1. The van der Waals surface area contributed by atoms with Crippen LogP contribution in [0.5, 0.6) is 17.2 Å². The van der Waals surface area contributed by atoms with E-state index in [9.17, 15) is 25.8 Å². The summed E-state index contributed by atoms with van der Waals surface area (Å²) < 4.78 is 88.7. The van der Waals surface area contributed by atoms with Crippen LogP contribution in [0.1, 0.15) is 0 Å². The molecule has 27 heavy (non-hydrogen) atoms. The maximum absolute atomic E-state index is 13.6. The largest absolute Gasteiger partial charge is 0.497 e. The first-order valence-electron chi connectivity index (χ1n) is 7.39. The summed E-state index contributed by atoms with van der Waals surface area (Å²) in [4.78, 5) is -1.06. The lowest BCUT2D eigenvalue weighted by Crippen LogP contribution is -2.22. The second-order valence-corrected chi connectivity index (χ2v) is 8.42. The van der Waals surface area contributed by atoms with Gasteiger partial charge in [0.1, 0.15) is 34.6 Å². The summed E-state index contributed by atoms with van der Waals surface area (Å²) >= 11 is 0. The van der Waals surface area contributed by atoms with Gasteiger partial charge in [-0.15, -0.1) is 0 Å². The molecule has 1 heterocycles. The van der Waals surface area contributed by atoms with Gasteiger partial charge < -0.3 is 14.2 Å². The minimum atomic E-state index is -4.67. The van der Waals surface area contributed by atoms with Crippen molar-refractivity contribution < 1.29 is 40.0 Å². The number of ether oxygens (including phenoxy) is 3. The highest BCUT2D eigenvalue weighted by atomic mass is 32.2. The fraction of sp³-hybridized carbons (Fsp3) is 0.200. The molecule has 0 radical (unpaired) electrons. The number of sulfonamides is 1. The van der Waals surface area contributed by atoms with Crippen molar-refractivity contribution in [1.29, 1.82) is 0 Å². The molecule has 1 aliphatic heterocycles. The highest BCUT2D eigenvalue weighted by Gasteiger charge is 2.31. The number of nitrogens with one attached hydrogen (secondary N) is 1. The van der Waals surface area contributed by atoms with Crippen LogP contribution in [0.3, 0.4) is 0 Å². The monoisotopic (exact) mass is 419 g/mol. The Morgan fingerprint density at radius 2 is 1.63 bits per heavy atom. The standard InChI is InChI=1S/C15H14FNO8S2/c1-23-11-7-9(16)6-10(8-11)17-26(18,19)12-2-3-13(27(20,21)22)15-14(12)24-4-5-25-15/h2-3,6-8,17H,4-5H2,1H3,(H,20,21,22). The molecule has 0 unspecified atom stereocenters. The second kappa shape index (κ2) is 6.87. The average Bonchev–Trinajstić information content (AvgIpc) is 2.58. The van der Waals surface area contributed by atoms with Crippen molar-refractivity contribution in [2.24, 2.45) is 0 Å². The Labute approximate surface area is 154 Å². The van der Waals surface area contributed by atoms with Crippen molar-refractivity contribution in [3.63, 3.8) is 0 Å². The van der Waals surface area contributed by atoms with Crippen LogP contribution in [-0.2, 0) is 20.1 Å². The maximum atomic E-state index is 13.6. The highest BCUT2D eigenvalue weighted by molar-refractivity contribution is 7.92. The molecule has 0 saturated carbocycles. The second-order valence-electron chi connectivity index (χ2n) is 5.38. The molecule has 2 N–H and O–H groups in total. The molecule has 0 fully saturated rings. The molecule has 12 heteroatoms. The first-order valence-corrected chi connectivity index (χ1v) is 10.3. The van der Waals surface area contributed by atoms with Gasteiger partial charge in [-0.25, -0.2) is 12.8 Å². The van der Waals surface area contributed by atoms with Crippen LogP contribution in [0.2, 0.25) is 0 Å². The van der Waals surface area contributed by atoms with E-state index in [1.54, 1.807) is 0 Å². The van der Waals surface area contributed by atoms with E-state index in [1.165, 1.54) is 13.2 Å². The number of anilines is 1. The normalized spacial score (nSPS) is 13.9. The molecular weight excluding hydrogens is 405 g/mol. The average molecular weight is 419 g/mol. The van der Waals surface area contributed by atoms with Crippen LogP contribution in [0, 0.1) is 5.82 Å². The van der Waals surface area contributed by atoms with Crippen molar-refractivity contribution in [3.05, 3.63) is 36.1 Å². The highest BCUT2D eigenvalue weighted by Crippen LogP contribution is 2.42. The summed E-state index contributed by atoms with van der Waals surface area (Å²) in [5.41, 5.74) is -0.115. The van der Waals surface area contributed by atoms with Crippen LogP contribution < -0.4 is 18.9 Å². The van der Waals surface area contributed by atoms with Gasteiger partial charge in [0.25, 0.3) is 20.1 Å². The number of rotatable bonds is 5. The van der Waals surface area contributed by atoms with Crippen LogP contribution in [-0.4, -0.2) is 41.7 Å². The summed E-state index contributed by atoms with van der Waals surface area (Å²) in [6.07, 6.45) is 0. The van der Waals surface area contributed by atoms with E-state index in [2.05, 4.69) is 4.72 Å². The van der Waals surface area contributed by atoms with Gasteiger partial charge in [-0.1, -0.05) is 0 Å². The van der Waals surface area contributed by atoms with E-state index in [0.29, 0.717) is 0 Å². The molecule has 0 bridgehead atoms. The van der Waals surface area contributed by atoms with E-state index >= 15 is 0 Å². The predicted octanol–water partition coefficient (Wildman–Crippen LogP) is 1.65. The van der Waals surface area contributed by atoms with E-state index < -0.39 is 41.5 Å². The molecular formula is C15H14FNO8S2. The Kier molecular flexibility index (Phi) is 4.88. The van der Waals surface area contributed by atoms with Gasteiger partial charge in [-0.05, 0) is 18.2 Å². The molecule has 3 rings (SSSR count). The molecule has 0 amide bonds. The number of hydrogen-bond acceptors (Lipinski definition) is 7. The lowest BCUT2D eigenvalue weighted by molar-refractivity contribution is 0.162. The Bertz CT molecular complexity index is 1100. The quantitative estimate of drug-likeness (QED) is 0.700. The third kappa shape index (κ3) is 3.91. The molecule has 1 aliphatic rings. The third-order valence-electron chi connectivity index (χ3n) is 3.54. The molecule has 146 valence electrons. The molecule has 9 nitrogen and oxygen atoms in total. The first kappa shape index (κ1) is 19.2. The minimum absolute atomic E-state index is 0.0295. The molecule has 0 atom stereocenters. The zero-order chi connectivity index (χ0) is 19.8. The number of benzene rings is 2. The van der Waals surface area contributed by atoms with Gasteiger partial charge in [-0.2, -0.15) is 8.42 Å². The van der Waals surface area contributed by atoms with Crippen molar-refractivity contribution >= 4 is 25.8 Å². The van der Waals surface area contributed by atoms with Gasteiger partial charge in [0, 0.05) is 12.1 Å². The summed E-state index contributed by atoms with van der Waals surface area (Å²) in [7, 11) is -7.68. The smallest absolute Gasteiger partial charge is 0.298 e. The van der Waals surface area contributed by atoms with Gasteiger partial charge in [0.05, 0.1) is 12.8 Å². The first-order chi connectivity index (χ1) is 12.6. The van der Waals surface area contributed by atoms with E-state index in [-0.39, 0.29) is 30.4 Å². The fourth-order valence-corrected chi connectivity index (χ4v) is 4.26. The number of fused-ring (bicyclic) bond motifs is 1. The van der Waals surface area contributed by atoms with Crippen LogP contribution in [0.4, 0.5) is 10.1 Å². The van der Waals surface area contributed by atoms with Gasteiger partial charge in [-0.3, -0.25) is 9.27 Å². The summed E-state index contributed by atoms with van der Waals surface area (Å²) in [5.74, 6) is -1.41. The van der Waals surface area contributed by atoms with E-state index in [0.717, 1.165) is 24.3 Å². The molecule has 0 aliphatic carbocycles. The Morgan fingerprint density at radius 3 is 2.22 bits per heavy atom. The zero-order valence-electron chi connectivity index (χ0n) is 13.8. The summed E-state index contributed by atoms with van der Waals surface area (Å²) in [5, 5.41) is 0. The SMILES string of the molecule is COc1cc(F)cc(NS(=O)(=O)c2ccc(S(=O)(=O)O)c3c2OCCO3)c1. The van der Waals surface area contributed by atoms with Gasteiger partial charge in [0.15, 0.2) is 11.5 Å². The van der Waals surface area contributed by atoms with Crippen molar-refractivity contribution in [3.8, 4) is 17.2 Å². The van der Waals surface area contributed by atoms with Crippen LogP contribution in [0.15, 0.2) is 40.1 Å². The number of hydrogen-bond donors (Lipinski definition) is 2. The van der Waals surface area contributed by atoms with Crippen LogP contribution in [0.25, 0.3) is 0 Å². The van der Waals surface area contributed by atoms with E-state index in [4.69, 9.17) is 14.2 Å². The number of methoxy groups -OCH3 is 1. The lowest BCUT2D eigenvalue weighted by Gasteiger charge is -2.22. The van der Waals surface area contributed by atoms with Crippen molar-refractivity contribution in [2.75, 3.05) is 25.0 Å². The lowest BCUT2D eigenvalue weighted by atomic mass is 10.3. The van der Waals surface area contributed by atoms with Crippen LogP contribution >= 0.6 is 0 Å². The topological polar surface area (TPSA) is 128 Å². The Morgan fingerprint density at radius 1 is 1.04 bits per heavy atom. The van der Waals surface area contributed by atoms with Gasteiger partial charge >= 0.3 is 0 Å².